The topological polar surface area (TPSA) is 75.8 Å². The Morgan fingerprint density at radius 2 is 1.51 bits per heavy atom. The highest BCUT2D eigenvalue weighted by Gasteiger charge is 2.43. The highest BCUT2D eigenvalue weighted by Crippen LogP contribution is 2.40. The molecule has 0 spiro atoms. The van der Waals surface area contributed by atoms with Gasteiger partial charge in [0.2, 0.25) is 5.91 Å². The van der Waals surface area contributed by atoms with E-state index in [9.17, 15) is 9.90 Å². The van der Waals surface area contributed by atoms with Gasteiger partial charge in [-0.2, -0.15) is 0 Å². The van der Waals surface area contributed by atoms with Gasteiger partial charge in [0.25, 0.3) is 0 Å². The molecular weight excluding hydrogens is 508 g/mol. The van der Waals surface area contributed by atoms with E-state index in [1.165, 1.54) is 0 Å². The number of phenolic OH excluding ortho intramolecular Hbond substituents is 1. The highest BCUT2D eigenvalue weighted by molar-refractivity contribution is 5.90. The monoisotopic (exact) mass is 548 g/mol. The van der Waals surface area contributed by atoms with Gasteiger partial charge >= 0.3 is 0 Å². The molecule has 4 aromatic rings. The molecule has 5 nitrogen and oxygen atoms in total. The molecule has 1 aliphatic rings. The van der Waals surface area contributed by atoms with Crippen LogP contribution in [0.2, 0.25) is 0 Å². The SMILES string of the molecule is CC(C)(CCC(C(N)=O)(c1ccccc1)c1ccccc1)N1CC[C@H](OCc2cccc(-c3ccccc3O)c2)C1. The quantitative estimate of drug-likeness (QED) is 0.219. The lowest BCUT2D eigenvalue weighted by Gasteiger charge is -2.40. The van der Waals surface area contributed by atoms with Crippen molar-refractivity contribution in [2.75, 3.05) is 13.1 Å². The number of ether oxygens (including phenoxy) is 1. The van der Waals surface area contributed by atoms with Crippen LogP contribution in [0.1, 0.15) is 49.8 Å². The third-order valence-electron chi connectivity index (χ3n) is 8.69. The molecule has 1 fully saturated rings. The van der Waals surface area contributed by atoms with E-state index >= 15 is 0 Å². The number of para-hydroxylation sites is 1. The average molecular weight is 549 g/mol. The summed E-state index contributed by atoms with van der Waals surface area (Å²) in [5, 5.41) is 10.3. The zero-order valence-electron chi connectivity index (χ0n) is 24.0. The van der Waals surface area contributed by atoms with Gasteiger partial charge in [-0.3, -0.25) is 9.69 Å². The van der Waals surface area contributed by atoms with E-state index in [2.05, 4.69) is 30.9 Å². The number of benzene rings is 4. The number of primary amides is 1. The Morgan fingerprint density at radius 3 is 2.15 bits per heavy atom. The van der Waals surface area contributed by atoms with Crippen molar-refractivity contribution in [3.63, 3.8) is 0 Å². The van der Waals surface area contributed by atoms with Crippen LogP contribution in [0.15, 0.2) is 109 Å². The molecule has 0 aliphatic carbocycles. The molecule has 0 radical (unpaired) electrons. The number of nitrogens with two attached hydrogens (primary N) is 1. The van der Waals surface area contributed by atoms with E-state index in [-0.39, 0.29) is 23.3 Å². The maximum atomic E-state index is 13.2. The second-order valence-corrected chi connectivity index (χ2v) is 11.7. The minimum absolute atomic E-state index is 0.132. The lowest BCUT2D eigenvalue weighted by molar-refractivity contribution is -0.122. The van der Waals surface area contributed by atoms with Crippen LogP contribution in [0.5, 0.6) is 5.75 Å². The summed E-state index contributed by atoms with van der Waals surface area (Å²) in [6.45, 7) is 6.81. The van der Waals surface area contributed by atoms with Gasteiger partial charge in [-0.15, -0.1) is 0 Å². The first-order valence-corrected chi connectivity index (χ1v) is 14.4. The molecule has 5 rings (SSSR count). The lowest BCUT2D eigenvalue weighted by atomic mass is 9.69. The van der Waals surface area contributed by atoms with Crippen molar-refractivity contribution >= 4 is 5.91 Å². The van der Waals surface area contributed by atoms with E-state index < -0.39 is 5.41 Å². The van der Waals surface area contributed by atoms with Gasteiger partial charge in [0.15, 0.2) is 0 Å². The zero-order valence-corrected chi connectivity index (χ0v) is 24.0. The Balaban J connectivity index is 1.25. The number of carbonyl (C=O) groups excluding carboxylic acids is 1. The number of hydrogen-bond donors (Lipinski definition) is 2. The van der Waals surface area contributed by atoms with Gasteiger partial charge < -0.3 is 15.6 Å². The molecule has 1 heterocycles. The summed E-state index contributed by atoms with van der Waals surface area (Å²) >= 11 is 0. The first-order valence-electron chi connectivity index (χ1n) is 14.4. The Bertz CT molecular complexity index is 1410. The molecule has 5 heteroatoms. The van der Waals surface area contributed by atoms with Crippen molar-refractivity contribution in [2.24, 2.45) is 5.73 Å². The standard InChI is InChI=1S/C36H40N2O3/c1-35(2,21-22-36(34(37)40,29-14-5-3-6-15-29)30-16-7-4-8-17-30)38-23-20-31(25-38)41-26-27-12-11-13-28(24-27)32-18-9-10-19-33(32)39/h3-19,24,31,39H,20-23,25-26H2,1-2H3,(H2,37,40)/t31-/m0/s1. The number of carbonyl (C=O) groups is 1. The maximum Gasteiger partial charge on any atom is 0.232 e. The van der Waals surface area contributed by atoms with Crippen LogP contribution in [0.3, 0.4) is 0 Å². The number of amides is 1. The van der Waals surface area contributed by atoms with Gasteiger partial charge in [-0.1, -0.05) is 97.1 Å². The van der Waals surface area contributed by atoms with Crippen molar-refractivity contribution in [1.82, 2.24) is 4.90 Å². The van der Waals surface area contributed by atoms with E-state index in [0.29, 0.717) is 13.0 Å². The number of aromatic hydroxyl groups is 1. The highest BCUT2D eigenvalue weighted by atomic mass is 16.5. The van der Waals surface area contributed by atoms with E-state index in [0.717, 1.165) is 53.7 Å². The van der Waals surface area contributed by atoms with Crippen LogP contribution in [0.4, 0.5) is 0 Å². The van der Waals surface area contributed by atoms with E-state index in [1.54, 1.807) is 6.07 Å². The number of hydrogen-bond acceptors (Lipinski definition) is 4. The molecule has 1 aliphatic heterocycles. The molecule has 0 saturated carbocycles. The van der Waals surface area contributed by atoms with Crippen molar-refractivity contribution < 1.29 is 14.6 Å². The second kappa shape index (κ2) is 12.3. The number of rotatable bonds is 11. The first kappa shape index (κ1) is 28.6. The maximum absolute atomic E-state index is 13.2. The van der Waals surface area contributed by atoms with Crippen LogP contribution in [-0.2, 0) is 21.6 Å². The van der Waals surface area contributed by atoms with Crippen LogP contribution < -0.4 is 5.73 Å². The molecule has 1 saturated heterocycles. The summed E-state index contributed by atoms with van der Waals surface area (Å²) in [6.07, 6.45) is 2.51. The normalized spacial score (nSPS) is 16.1. The van der Waals surface area contributed by atoms with Crippen molar-refractivity contribution in [3.05, 3.63) is 126 Å². The molecule has 0 unspecified atom stereocenters. The molecule has 0 bridgehead atoms. The summed E-state index contributed by atoms with van der Waals surface area (Å²) < 4.78 is 6.38. The lowest BCUT2D eigenvalue weighted by Crippen LogP contribution is -2.47. The minimum Gasteiger partial charge on any atom is -0.507 e. The van der Waals surface area contributed by atoms with Gasteiger partial charge in [0.05, 0.1) is 18.1 Å². The number of nitrogens with zero attached hydrogens (tertiary/aromatic N) is 1. The van der Waals surface area contributed by atoms with Gasteiger partial charge in [-0.05, 0) is 67.5 Å². The number of likely N-dealkylation sites (tertiary alicyclic amines) is 1. The second-order valence-electron chi connectivity index (χ2n) is 11.7. The molecule has 4 aromatic carbocycles. The van der Waals surface area contributed by atoms with E-state index in [1.807, 2.05) is 91.0 Å². The summed E-state index contributed by atoms with van der Waals surface area (Å²) in [5.74, 6) is -0.0431. The largest absolute Gasteiger partial charge is 0.507 e. The van der Waals surface area contributed by atoms with Gasteiger partial charge in [0, 0.05) is 24.2 Å². The molecule has 41 heavy (non-hydrogen) atoms. The third-order valence-corrected chi connectivity index (χ3v) is 8.69. The van der Waals surface area contributed by atoms with Crippen molar-refractivity contribution in [3.8, 4) is 16.9 Å². The fourth-order valence-corrected chi connectivity index (χ4v) is 6.13. The van der Waals surface area contributed by atoms with E-state index in [4.69, 9.17) is 10.5 Å². The molecular formula is C36H40N2O3. The van der Waals surface area contributed by atoms with Crippen LogP contribution >= 0.6 is 0 Å². The molecule has 1 amide bonds. The summed E-state index contributed by atoms with van der Waals surface area (Å²) in [4.78, 5) is 15.7. The predicted octanol–water partition coefficient (Wildman–Crippen LogP) is 6.68. The predicted molar refractivity (Wildman–Crippen MR) is 164 cm³/mol. The minimum atomic E-state index is -0.895. The molecule has 212 valence electrons. The molecule has 3 N–H and O–H groups in total. The summed E-state index contributed by atoms with van der Waals surface area (Å²) in [5.41, 5.74) is 9.92. The fourth-order valence-electron chi connectivity index (χ4n) is 6.13. The Kier molecular flexibility index (Phi) is 8.57. The van der Waals surface area contributed by atoms with Gasteiger partial charge in [-0.25, -0.2) is 0 Å². The van der Waals surface area contributed by atoms with Crippen LogP contribution in [-0.4, -0.2) is 40.6 Å². The Labute approximate surface area is 243 Å². The fraction of sp³-hybridized carbons (Fsp3) is 0.306. The average Bonchev–Trinajstić information content (AvgIpc) is 3.48. The Hall–Kier alpha value is -3.93. The molecule has 0 aromatic heterocycles. The molecule has 1 atom stereocenters. The van der Waals surface area contributed by atoms with Gasteiger partial charge in [0.1, 0.15) is 5.75 Å². The summed E-state index contributed by atoms with van der Waals surface area (Å²) in [6, 6.07) is 35.4. The summed E-state index contributed by atoms with van der Waals surface area (Å²) in [7, 11) is 0. The number of phenols is 1. The zero-order chi connectivity index (χ0) is 28.9. The van der Waals surface area contributed by atoms with Crippen LogP contribution in [0.25, 0.3) is 11.1 Å². The third kappa shape index (κ3) is 6.22. The van der Waals surface area contributed by atoms with Crippen molar-refractivity contribution in [2.45, 2.75) is 56.8 Å². The first-order chi connectivity index (χ1) is 19.8. The van der Waals surface area contributed by atoms with Crippen LogP contribution in [0, 0.1) is 0 Å². The smallest absolute Gasteiger partial charge is 0.232 e. The Morgan fingerprint density at radius 1 is 0.878 bits per heavy atom. The van der Waals surface area contributed by atoms with Crippen molar-refractivity contribution in [1.29, 1.82) is 0 Å².